The topological polar surface area (TPSA) is 33.0 Å². The van der Waals surface area contributed by atoms with Gasteiger partial charge in [0, 0.05) is 0 Å². The molecule has 1 aromatic carbocycles. The molecule has 1 fully saturated rings. The van der Waals surface area contributed by atoms with Crippen molar-refractivity contribution in [2.75, 3.05) is 6.61 Å². The molecule has 1 aliphatic heterocycles. The Balaban J connectivity index is 2.32. The van der Waals surface area contributed by atoms with Crippen LogP contribution in [0.15, 0.2) is 36.4 Å². The van der Waals surface area contributed by atoms with Gasteiger partial charge in [-0.05, 0) is 23.3 Å². The maximum absolute atomic E-state index is 12.9. The van der Waals surface area contributed by atoms with Crippen LogP contribution in [0.1, 0.15) is 17.2 Å². The summed E-state index contributed by atoms with van der Waals surface area (Å²) >= 11 is 0. The van der Waals surface area contributed by atoms with E-state index in [9.17, 15) is 13.2 Å². The average molecular weight is 253 g/mol. The van der Waals surface area contributed by atoms with Crippen molar-refractivity contribution in [2.45, 2.75) is 12.3 Å². The molecule has 5 heteroatoms. The molecule has 18 heavy (non-hydrogen) atoms. The van der Waals surface area contributed by atoms with Crippen molar-refractivity contribution < 1.29 is 17.9 Å². The molecule has 1 saturated heterocycles. The van der Waals surface area contributed by atoms with Gasteiger partial charge in [0.05, 0.1) is 24.3 Å². The molecule has 2 rings (SSSR count). The Bertz CT molecular complexity index is 498. The minimum absolute atomic E-state index is 0.0388. The first-order valence-electron chi connectivity index (χ1n) is 5.29. The second kappa shape index (κ2) is 4.46. The van der Waals surface area contributed by atoms with Crippen molar-refractivity contribution in [3.05, 3.63) is 47.5 Å². The number of nitrogens with zero attached hydrogens (tertiary/aromatic N) is 1. The first-order chi connectivity index (χ1) is 8.43. The number of nitriles is 1. The molecule has 1 aliphatic rings. The van der Waals surface area contributed by atoms with E-state index in [1.165, 1.54) is 24.3 Å². The first kappa shape index (κ1) is 12.7. The van der Waals surface area contributed by atoms with Crippen LogP contribution in [-0.2, 0) is 4.74 Å². The zero-order valence-corrected chi connectivity index (χ0v) is 9.37. The molecule has 1 heterocycles. The Kier molecular flexibility index (Phi) is 3.14. The zero-order chi connectivity index (χ0) is 13.3. The number of halogens is 3. The lowest BCUT2D eigenvalue weighted by Gasteiger charge is -2.21. The van der Waals surface area contributed by atoms with Gasteiger partial charge in [-0.25, -0.2) is 0 Å². The molecular formula is C13H10F3NO. The van der Waals surface area contributed by atoms with E-state index in [-0.39, 0.29) is 12.2 Å². The second-order valence-corrected chi connectivity index (χ2v) is 4.14. The maximum Gasteiger partial charge on any atom is 0.398 e. The summed E-state index contributed by atoms with van der Waals surface area (Å²) in [6.45, 7) is 3.33. The molecular weight excluding hydrogens is 243 g/mol. The number of alkyl halides is 3. The highest BCUT2D eigenvalue weighted by atomic mass is 19.4. The molecule has 1 aromatic rings. The summed E-state index contributed by atoms with van der Waals surface area (Å²) in [5, 5.41) is 8.64. The van der Waals surface area contributed by atoms with Crippen LogP contribution in [0, 0.1) is 17.2 Å². The van der Waals surface area contributed by atoms with Crippen molar-refractivity contribution in [1.82, 2.24) is 0 Å². The SMILES string of the molecule is C=C1CO[C@H](c2ccc(C#N)cc2)[C@H]1C(F)(F)F. The Morgan fingerprint density at radius 2 is 1.89 bits per heavy atom. The summed E-state index contributed by atoms with van der Waals surface area (Å²) in [7, 11) is 0. The number of rotatable bonds is 1. The molecule has 0 saturated carbocycles. The third-order valence-corrected chi connectivity index (χ3v) is 2.91. The minimum Gasteiger partial charge on any atom is -0.368 e. The fraction of sp³-hybridized carbons (Fsp3) is 0.308. The Hall–Kier alpha value is -1.80. The van der Waals surface area contributed by atoms with Crippen molar-refractivity contribution in [1.29, 1.82) is 5.26 Å². The van der Waals surface area contributed by atoms with E-state index in [0.717, 1.165) is 0 Å². The highest BCUT2D eigenvalue weighted by Crippen LogP contribution is 2.46. The molecule has 0 bridgehead atoms. The van der Waals surface area contributed by atoms with Gasteiger partial charge in [-0.2, -0.15) is 18.4 Å². The van der Waals surface area contributed by atoms with Crippen LogP contribution >= 0.6 is 0 Å². The molecule has 2 nitrogen and oxygen atoms in total. The maximum atomic E-state index is 12.9. The monoisotopic (exact) mass is 253 g/mol. The molecule has 2 atom stereocenters. The van der Waals surface area contributed by atoms with Gasteiger partial charge < -0.3 is 4.74 Å². The molecule has 0 radical (unpaired) electrons. The molecule has 0 N–H and O–H groups in total. The third kappa shape index (κ3) is 2.24. The molecule has 0 aliphatic carbocycles. The van der Waals surface area contributed by atoms with Crippen molar-refractivity contribution in [3.8, 4) is 6.07 Å². The first-order valence-corrected chi connectivity index (χ1v) is 5.29. The van der Waals surface area contributed by atoms with E-state index in [2.05, 4.69) is 6.58 Å². The Labute approximate surface area is 102 Å². The fourth-order valence-corrected chi connectivity index (χ4v) is 2.04. The lowest BCUT2D eigenvalue weighted by Crippen LogP contribution is -2.26. The van der Waals surface area contributed by atoms with Crippen LogP contribution in [0.5, 0.6) is 0 Å². The molecule has 0 amide bonds. The van der Waals surface area contributed by atoms with Crippen LogP contribution < -0.4 is 0 Å². The van der Waals surface area contributed by atoms with E-state index >= 15 is 0 Å². The van der Waals surface area contributed by atoms with E-state index in [4.69, 9.17) is 10.00 Å². The van der Waals surface area contributed by atoms with Gasteiger partial charge in [-0.3, -0.25) is 0 Å². The fourth-order valence-electron chi connectivity index (χ4n) is 2.04. The summed E-state index contributed by atoms with van der Waals surface area (Å²) in [6.07, 6.45) is -5.43. The molecule has 0 spiro atoms. The summed E-state index contributed by atoms with van der Waals surface area (Å²) < 4.78 is 43.9. The number of hydrogen-bond acceptors (Lipinski definition) is 2. The normalized spacial score (nSPS) is 24.0. The van der Waals surface area contributed by atoms with Crippen molar-refractivity contribution in [2.24, 2.45) is 5.92 Å². The van der Waals surface area contributed by atoms with E-state index in [0.29, 0.717) is 11.1 Å². The summed E-state index contributed by atoms with van der Waals surface area (Å²) in [4.78, 5) is 0. The molecule has 0 unspecified atom stereocenters. The van der Waals surface area contributed by atoms with Gasteiger partial charge in [-0.1, -0.05) is 18.7 Å². The smallest absolute Gasteiger partial charge is 0.368 e. The predicted molar refractivity (Wildman–Crippen MR) is 58.5 cm³/mol. The largest absolute Gasteiger partial charge is 0.398 e. The van der Waals surface area contributed by atoms with E-state index in [1.807, 2.05) is 6.07 Å². The molecule has 94 valence electrons. The van der Waals surface area contributed by atoms with Gasteiger partial charge in [0.1, 0.15) is 5.92 Å². The van der Waals surface area contributed by atoms with Crippen LogP contribution in [0.2, 0.25) is 0 Å². The van der Waals surface area contributed by atoms with Gasteiger partial charge in [-0.15, -0.1) is 0 Å². The molecule has 0 aromatic heterocycles. The summed E-state index contributed by atoms with van der Waals surface area (Å²) in [6, 6.07) is 7.85. The van der Waals surface area contributed by atoms with Gasteiger partial charge in [0.25, 0.3) is 0 Å². The number of ether oxygens (including phenoxy) is 1. The number of hydrogen-bond donors (Lipinski definition) is 0. The third-order valence-electron chi connectivity index (χ3n) is 2.91. The Morgan fingerprint density at radius 3 is 2.39 bits per heavy atom. The number of benzene rings is 1. The standard InChI is InChI=1S/C13H10F3NO/c1-8-7-18-12(11(8)13(14,15)16)10-4-2-9(6-17)3-5-10/h2-5,11-12H,1,7H2/t11-,12+/m0/s1. The summed E-state index contributed by atoms with van der Waals surface area (Å²) in [5.41, 5.74) is 0.853. The van der Waals surface area contributed by atoms with Gasteiger partial charge >= 0.3 is 6.18 Å². The van der Waals surface area contributed by atoms with E-state index < -0.39 is 18.2 Å². The van der Waals surface area contributed by atoms with Crippen molar-refractivity contribution >= 4 is 0 Å². The Morgan fingerprint density at radius 1 is 1.28 bits per heavy atom. The highest BCUT2D eigenvalue weighted by Gasteiger charge is 2.50. The summed E-state index contributed by atoms with van der Waals surface area (Å²) in [5.74, 6) is -1.68. The van der Waals surface area contributed by atoms with Gasteiger partial charge in [0.2, 0.25) is 0 Å². The van der Waals surface area contributed by atoms with Crippen molar-refractivity contribution in [3.63, 3.8) is 0 Å². The lowest BCUT2D eigenvalue weighted by atomic mass is 9.91. The van der Waals surface area contributed by atoms with Crippen LogP contribution in [0.25, 0.3) is 0 Å². The zero-order valence-electron chi connectivity index (χ0n) is 9.37. The quantitative estimate of drug-likeness (QED) is 0.719. The lowest BCUT2D eigenvalue weighted by molar-refractivity contribution is -0.179. The van der Waals surface area contributed by atoms with Gasteiger partial charge in [0.15, 0.2) is 0 Å². The second-order valence-electron chi connectivity index (χ2n) is 4.14. The minimum atomic E-state index is -4.37. The van der Waals surface area contributed by atoms with E-state index in [1.54, 1.807) is 0 Å². The highest BCUT2D eigenvalue weighted by molar-refractivity contribution is 5.34. The van der Waals surface area contributed by atoms with Crippen LogP contribution in [0.3, 0.4) is 0 Å². The predicted octanol–water partition coefficient (Wildman–Crippen LogP) is 3.36. The average Bonchev–Trinajstić information content (AvgIpc) is 2.71. The van der Waals surface area contributed by atoms with Crippen LogP contribution in [-0.4, -0.2) is 12.8 Å². The van der Waals surface area contributed by atoms with Crippen LogP contribution in [0.4, 0.5) is 13.2 Å².